The van der Waals surface area contributed by atoms with Crippen molar-refractivity contribution in [2.75, 3.05) is 19.5 Å². The van der Waals surface area contributed by atoms with Crippen LogP contribution in [-0.2, 0) is 15.3 Å². The first kappa shape index (κ1) is 24.7. The maximum absolute atomic E-state index is 12.5. The number of rotatable bonds is 11. The van der Waals surface area contributed by atoms with Crippen LogP contribution in [0.15, 0.2) is 72.8 Å². The number of carboxylic acids is 1. The van der Waals surface area contributed by atoms with Gasteiger partial charge in [-0.2, -0.15) is 11.8 Å². The van der Waals surface area contributed by atoms with E-state index < -0.39 is 18.1 Å². The molecule has 2 N–H and O–H groups in total. The second kappa shape index (κ2) is 11.8. The van der Waals surface area contributed by atoms with Gasteiger partial charge in [-0.25, -0.2) is 9.59 Å². The van der Waals surface area contributed by atoms with Crippen molar-refractivity contribution in [1.82, 2.24) is 5.32 Å². The zero-order valence-electron chi connectivity index (χ0n) is 19.6. The van der Waals surface area contributed by atoms with Gasteiger partial charge in [0.25, 0.3) is 0 Å². The molecule has 7 heteroatoms. The van der Waals surface area contributed by atoms with Crippen LogP contribution in [0.1, 0.15) is 35.4 Å². The predicted molar refractivity (Wildman–Crippen MR) is 138 cm³/mol. The second-order valence-corrected chi connectivity index (χ2v) is 9.51. The molecular formula is C28H29NO5S. The van der Waals surface area contributed by atoms with Crippen molar-refractivity contribution in [3.63, 3.8) is 0 Å². The number of nitrogens with one attached hydrogen (secondary N) is 1. The monoisotopic (exact) mass is 491 g/mol. The molecule has 1 amide bonds. The Morgan fingerprint density at radius 1 is 0.971 bits per heavy atom. The minimum Gasteiger partial charge on any atom is -0.497 e. The summed E-state index contributed by atoms with van der Waals surface area (Å²) in [7, 11) is 1.64. The summed E-state index contributed by atoms with van der Waals surface area (Å²) in [6, 6.07) is 23.1. The van der Waals surface area contributed by atoms with Gasteiger partial charge in [0, 0.05) is 11.7 Å². The Kier molecular flexibility index (Phi) is 8.32. The maximum atomic E-state index is 12.5. The molecule has 0 radical (unpaired) electrons. The van der Waals surface area contributed by atoms with Gasteiger partial charge in [0.05, 0.1) is 7.11 Å². The molecule has 4 rings (SSSR count). The van der Waals surface area contributed by atoms with Gasteiger partial charge in [-0.05, 0) is 58.5 Å². The van der Waals surface area contributed by atoms with Gasteiger partial charge < -0.3 is 19.9 Å². The number of benzene rings is 3. The number of aliphatic carboxylic acids is 1. The Hall–Kier alpha value is -3.45. The third-order valence-electron chi connectivity index (χ3n) is 6.14. The number of methoxy groups -OCH3 is 1. The molecule has 6 nitrogen and oxygen atoms in total. The number of carboxylic acid groups (broad SMARTS) is 1. The molecule has 0 bridgehead atoms. The summed E-state index contributed by atoms with van der Waals surface area (Å²) in [5.74, 6) is 1.33. The van der Waals surface area contributed by atoms with Crippen LogP contribution in [0.3, 0.4) is 0 Å². The van der Waals surface area contributed by atoms with Gasteiger partial charge in [0.15, 0.2) is 0 Å². The molecule has 0 saturated carbocycles. The number of ether oxygens (including phenoxy) is 2. The summed E-state index contributed by atoms with van der Waals surface area (Å²) in [5.41, 5.74) is 5.71. The van der Waals surface area contributed by atoms with Crippen LogP contribution < -0.4 is 10.1 Å². The molecule has 3 aromatic rings. The molecule has 1 unspecified atom stereocenters. The van der Waals surface area contributed by atoms with E-state index in [4.69, 9.17) is 9.47 Å². The molecule has 0 fully saturated rings. The number of hydrogen-bond acceptors (Lipinski definition) is 5. The number of carbonyl (C=O) groups is 2. The van der Waals surface area contributed by atoms with Crippen LogP contribution in [0.25, 0.3) is 11.1 Å². The molecule has 0 aromatic heterocycles. The van der Waals surface area contributed by atoms with Crippen molar-refractivity contribution in [3.8, 4) is 16.9 Å². The average molecular weight is 492 g/mol. The highest BCUT2D eigenvalue weighted by Gasteiger charge is 2.29. The van der Waals surface area contributed by atoms with Gasteiger partial charge in [0.2, 0.25) is 0 Å². The molecule has 3 aromatic carbocycles. The standard InChI is InChI=1S/C28H29NO5S/c1-33-20-14-12-19(13-15-20)18-35-16-6-11-26(27(30)31)29-28(32)34-17-25-23-9-4-2-7-21(23)22-8-3-5-10-24(22)25/h2-5,7-10,12-15,25-26H,6,11,16-18H2,1H3,(H,29,32)(H,30,31). The van der Waals surface area contributed by atoms with Crippen molar-refractivity contribution in [2.24, 2.45) is 0 Å². The first-order valence-corrected chi connectivity index (χ1v) is 12.8. The molecule has 182 valence electrons. The highest BCUT2D eigenvalue weighted by atomic mass is 32.2. The highest BCUT2D eigenvalue weighted by molar-refractivity contribution is 7.98. The Bertz CT molecular complexity index is 1120. The van der Waals surface area contributed by atoms with E-state index in [1.54, 1.807) is 18.9 Å². The van der Waals surface area contributed by atoms with Crippen LogP contribution in [0.5, 0.6) is 5.75 Å². The predicted octanol–water partition coefficient (Wildman–Crippen LogP) is 5.70. The number of alkyl carbamates (subject to hydrolysis) is 1. The molecule has 0 spiro atoms. The van der Waals surface area contributed by atoms with Crippen molar-refractivity contribution < 1.29 is 24.2 Å². The smallest absolute Gasteiger partial charge is 0.407 e. The van der Waals surface area contributed by atoms with Crippen molar-refractivity contribution in [3.05, 3.63) is 89.5 Å². The lowest BCUT2D eigenvalue weighted by molar-refractivity contribution is -0.139. The SMILES string of the molecule is COc1ccc(CSCCCC(NC(=O)OCC2c3ccccc3-c3ccccc32)C(=O)O)cc1. The summed E-state index contributed by atoms with van der Waals surface area (Å²) >= 11 is 1.73. The van der Waals surface area contributed by atoms with Crippen LogP contribution in [0.4, 0.5) is 4.79 Å². The number of hydrogen-bond donors (Lipinski definition) is 2. The molecular weight excluding hydrogens is 462 g/mol. The van der Waals surface area contributed by atoms with E-state index in [1.807, 2.05) is 60.7 Å². The first-order valence-electron chi connectivity index (χ1n) is 11.6. The highest BCUT2D eigenvalue weighted by Crippen LogP contribution is 2.44. The van der Waals surface area contributed by atoms with Crippen LogP contribution >= 0.6 is 11.8 Å². The summed E-state index contributed by atoms with van der Waals surface area (Å²) < 4.78 is 10.7. The quantitative estimate of drug-likeness (QED) is 0.335. The van der Waals surface area contributed by atoms with Gasteiger partial charge in [-0.15, -0.1) is 0 Å². The van der Waals surface area contributed by atoms with E-state index in [1.165, 1.54) is 5.56 Å². The Labute approximate surface area is 209 Å². The Morgan fingerprint density at radius 3 is 2.20 bits per heavy atom. The first-order chi connectivity index (χ1) is 17.1. The van der Waals surface area contributed by atoms with Gasteiger partial charge >= 0.3 is 12.1 Å². The maximum Gasteiger partial charge on any atom is 0.407 e. The number of carbonyl (C=O) groups excluding carboxylic acids is 1. The van der Waals surface area contributed by atoms with Crippen LogP contribution in [0.2, 0.25) is 0 Å². The molecule has 0 saturated heterocycles. The van der Waals surface area contributed by atoms with Crippen LogP contribution in [-0.4, -0.2) is 42.7 Å². The molecule has 0 heterocycles. The van der Waals surface area contributed by atoms with Gasteiger partial charge in [-0.1, -0.05) is 60.7 Å². The third kappa shape index (κ3) is 6.17. The summed E-state index contributed by atoms with van der Waals surface area (Å²) in [5, 5.41) is 12.1. The van der Waals surface area contributed by atoms with E-state index in [0.29, 0.717) is 12.8 Å². The average Bonchev–Trinajstić information content (AvgIpc) is 3.20. The topological polar surface area (TPSA) is 84.9 Å². The van der Waals surface area contributed by atoms with Gasteiger partial charge in [0.1, 0.15) is 18.4 Å². The second-order valence-electron chi connectivity index (χ2n) is 8.40. The number of fused-ring (bicyclic) bond motifs is 3. The van der Waals surface area contributed by atoms with E-state index >= 15 is 0 Å². The normalized spacial score (nSPS) is 12.9. The van der Waals surface area contributed by atoms with E-state index in [-0.39, 0.29) is 12.5 Å². The van der Waals surface area contributed by atoms with Crippen molar-refractivity contribution >= 4 is 23.8 Å². The lowest BCUT2D eigenvalue weighted by atomic mass is 9.98. The van der Waals surface area contributed by atoms with Crippen LogP contribution in [0, 0.1) is 0 Å². The Morgan fingerprint density at radius 2 is 1.60 bits per heavy atom. The number of thioether (sulfide) groups is 1. The minimum atomic E-state index is -1.06. The minimum absolute atomic E-state index is 0.0641. The van der Waals surface area contributed by atoms with E-state index in [9.17, 15) is 14.7 Å². The zero-order valence-corrected chi connectivity index (χ0v) is 20.4. The van der Waals surface area contributed by atoms with Crippen molar-refractivity contribution in [2.45, 2.75) is 30.6 Å². The molecule has 1 aliphatic carbocycles. The van der Waals surface area contributed by atoms with E-state index in [2.05, 4.69) is 17.4 Å². The molecule has 35 heavy (non-hydrogen) atoms. The largest absolute Gasteiger partial charge is 0.497 e. The van der Waals surface area contributed by atoms with E-state index in [0.717, 1.165) is 39.5 Å². The molecule has 1 aliphatic rings. The Balaban J connectivity index is 1.23. The van der Waals surface area contributed by atoms with Gasteiger partial charge in [-0.3, -0.25) is 0 Å². The fourth-order valence-corrected chi connectivity index (χ4v) is 5.28. The summed E-state index contributed by atoms with van der Waals surface area (Å²) in [4.78, 5) is 24.1. The zero-order chi connectivity index (χ0) is 24.6. The third-order valence-corrected chi connectivity index (χ3v) is 7.26. The fourth-order valence-electron chi connectivity index (χ4n) is 4.34. The summed E-state index contributed by atoms with van der Waals surface area (Å²) in [6.45, 7) is 0.157. The lowest BCUT2D eigenvalue weighted by Crippen LogP contribution is -2.41. The fraction of sp³-hybridized carbons (Fsp3) is 0.286. The summed E-state index contributed by atoms with van der Waals surface area (Å²) in [6.07, 6.45) is 0.307. The number of amides is 1. The molecule has 0 aliphatic heterocycles. The molecule has 1 atom stereocenters. The van der Waals surface area contributed by atoms with Crippen molar-refractivity contribution in [1.29, 1.82) is 0 Å². The lowest BCUT2D eigenvalue weighted by Gasteiger charge is -2.17.